The molecule has 2 aromatic heterocycles. The van der Waals surface area contributed by atoms with E-state index in [2.05, 4.69) is 34.1 Å². The van der Waals surface area contributed by atoms with Gasteiger partial charge in [0, 0.05) is 12.4 Å². The smallest absolute Gasteiger partial charge is 0.253 e. The van der Waals surface area contributed by atoms with Crippen LogP contribution in [0.3, 0.4) is 0 Å². The molecule has 3 aromatic rings. The van der Waals surface area contributed by atoms with Gasteiger partial charge in [0.25, 0.3) is 5.91 Å². The fourth-order valence-electron chi connectivity index (χ4n) is 2.56. The minimum atomic E-state index is -0.167. The Labute approximate surface area is 135 Å². The molecule has 0 aliphatic carbocycles. The first kappa shape index (κ1) is 15.2. The van der Waals surface area contributed by atoms with Crippen molar-refractivity contribution in [3.63, 3.8) is 0 Å². The van der Waals surface area contributed by atoms with Gasteiger partial charge in [-0.3, -0.25) is 9.78 Å². The van der Waals surface area contributed by atoms with Crippen LogP contribution in [0.4, 0.5) is 0 Å². The third-order valence-corrected chi connectivity index (χ3v) is 4.13. The van der Waals surface area contributed by atoms with Gasteiger partial charge in [0.2, 0.25) is 0 Å². The fourth-order valence-corrected chi connectivity index (χ4v) is 2.56. The number of carbonyl (C=O) groups excluding carboxylic acids is 1. The van der Waals surface area contributed by atoms with Gasteiger partial charge in [-0.15, -0.1) is 0 Å². The number of rotatable bonds is 5. The van der Waals surface area contributed by atoms with Crippen LogP contribution in [0.15, 0.2) is 48.8 Å². The van der Waals surface area contributed by atoms with Crippen LogP contribution < -0.4 is 5.32 Å². The molecule has 118 valence electrons. The first-order valence-corrected chi connectivity index (χ1v) is 7.84. The Kier molecular flexibility index (Phi) is 4.37. The summed E-state index contributed by atoms with van der Waals surface area (Å²) in [5.41, 5.74) is 2.44. The van der Waals surface area contributed by atoms with Gasteiger partial charge in [0.1, 0.15) is 5.82 Å². The van der Waals surface area contributed by atoms with E-state index in [1.54, 1.807) is 24.5 Å². The molecule has 0 spiro atoms. The molecule has 1 aromatic carbocycles. The zero-order valence-corrected chi connectivity index (χ0v) is 13.3. The first-order chi connectivity index (χ1) is 11.2. The number of amides is 1. The number of aromatic nitrogens is 3. The molecule has 23 heavy (non-hydrogen) atoms. The first-order valence-electron chi connectivity index (χ1n) is 7.84. The second-order valence-corrected chi connectivity index (χ2v) is 5.72. The molecule has 2 heterocycles. The van der Waals surface area contributed by atoms with Gasteiger partial charge in [-0.2, -0.15) is 0 Å². The molecule has 0 saturated heterocycles. The summed E-state index contributed by atoms with van der Waals surface area (Å²) in [4.78, 5) is 24.4. The Balaban J connectivity index is 1.90. The third kappa shape index (κ3) is 3.23. The van der Waals surface area contributed by atoms with Gasteiger partial charge in [-0.1, -0.05) is 32.4 Å². The molecular formula is C18H20N4O. The molecule has 0 aliphatic rings. The van der Waals surface area contributed by atoms with Crippen LogP contribution in [0.5, 0.6) is 0 Å². The molecule has 0 radical (unpaired) electrons. The van der Waals surface area contributed by atoms with Crippen LogP contribution in [0.25, 0.3) is 11.0 Å². The summed E-state index contributed by atoms with van der Waals surface area (Å²) >= 11 is 0. The standard InChI is InChI=1S/C18H20N4O/c1-3-12(2)16(22-18(23)13-7-6-10-19-11-13)17-20-14-8-4-5-9-15(14)21-17/h4-12,16H,3H2,1-2H3,(H,20,21)(H,22,23)/t12-,16-/m0/s1. The van der Waals surface area contributed by atoms with Crippen molar-refractivity contribution in [1.82, 2.24) is 20.3 Å². The number of pyridine rings is 1. The quantitative estimate of drug-likeness (QED) is 0.758. The predicted octanol–water partition coefficient (Wildman–Crippen LogP) is 3.48. The van der Waals surface area contributed by atoms with E-state index in [-0.39, 0.29) is 17.9 Å². The van der Waals surface area contributed by atoms with Crippen molar-refractivity contribution in [2.45, 2.75) is 26.3 Å². The van der Waals surface area contributed by atoms with E-state index in [9.17, 15) is 4.79 Å². The van der Waals surface area contributed by atoms with Gasteiger partial charge >= 0.3 is 0 Å². The number of benzene rings is 1. The topological polar surface area (TPSA) is 70.7 Å². The second-order valence-electron chi connectivity index (χ2n) is 5.72. The van der Waals surface area contributed by atoms with Crippen molar-refractivity contribution in [3.8, 4) is 0 Å². The Morgan fingerprint density at radius 2 is 2.09 bits per heavy atom. The number of nitrogens with zero attached hydrogens (tertiary/aromatic N) is 2. The monoisotopic (exact) mass is 308 g/mol. The molecular weight excluding hydrogens is 288 g/mol. The Morgan fingerprint density at radius 1 is 1.26 bits per heavy atom. The fraction of sp³-hybridized carbons (Fsp3) is 0.278. The summed E-state index contributed by atoms with van der Waals surface area (Å²) < 4.78 is 0. The summed E-state index contributed by atoms with van der Waals surface area (Å²) in [6, 6.07) is 11.2. The van der Waals surface area contributed by atoms with Crippen LogP contribution in [-0.2, 0) is 0 Å². The number of para-hydroxylation sites is 2. The molecule has 0 unspecified atom stereocenters. The highest BCUT2D eigenvalue weighted by molar-refractivity contribution is 5.94. The lowest BCUT2D eigenvalue weighted by Crippen LogP contribution is -2.33. The summed E-state index contributed by atoms with van der Waals surface area (Å²) in [5, 5.41) is 3.09. The number of H-pyrrole nitrogens is 1. The number of aromatic amines is 1. The number of carbonyl (C=O) groups is 1. The van der Waals surface area contributed by atoms with Crippen molar-refractivity contribution in [1.29, 1.82) is 0 Å². The molecule has 0 aliphatic heterocycles. The van der Waals surface area contributed by atoms with Crippen LogP contribution in [0, 0.1) is 5.92 Å². The number of hydrogen-bond donors (Lipinski definition) is 2. The minimum absolute atomic E-state index is 0.135. The van der Waals surface area contributed by atoms with Crippen LogP contribution >= 0.6 is 0 Å². The molecule has 2 atom stereocenters. The van der Waals surface area contributed by atoms with Crippen LogP contribution in [0.2, 0.25) is 0 Å². The average molecular weight is 308 g/mol. The Hall–Kier alpha value is -2.69. The van der Waals surface area contributed by atoms with Crippen molar-refractivity contribution >= 4 is 16.9 Å². The highest BCUT2D eigenvalue weighted by atomic mass is 16.1. The molecule has 0 fully saturated rings. The van der Waals surface area contributed by atoms with Crippen molar-refractivity contribution < 1.29 is 4.79 Å². The lowest BCUT2D eigenvalue weighted by Gasteiger charge is -2.22. The minimum Gasteiger partial charge on any atom is -0.342 e. The molecule has 3 rings (SSSR count). The van der Waals surface area contributed by atoms with E-state index in [1.807, 2.05) is 24.3 Å². The van der Waals surface area contributed by atoms with Crippen molar-refractivity contribution in [3.05, 3.63) is 60.2 Å². The molecule has 1 amide bonds. The van der Waals surface area contributed by atoms with E-state index in [4.69, 9.17) is 0 Å². The molecule has 2 N–H and O–H groups in total. The van der Waals surface area contributed by atoms with E-state index in [0.717, 1.165) is 23.3 Å². The van der Waals surface area contributed by atoms with Crippen molar-refractivity contribution in [2.75, 3.05) is 0 Å². The third-order valence-electron chi connectivity index (χ3n) is 4.13. The van der Waals surface area contributed by atoms with Crippen LogP contribution in [-0.4, -0.2) is 20.9 Å². The number of hydrogen-bond acceptors (Lipinski definition) is 3. The summed E-state index contributed by atoms with van der Waals surface area (Å²) in [5.74, 6) is 0.915. The molecule has 0 bridgehead atoms. The zero-order valence-electron chi connectivity index (χ0n) is 13.3. The lowest BCUT2D eigenvalue weighted by molar-refractivity contribution is 0.0920. The molecule has 5 nitrogen and oxygen atoms in total. The van der Waals surface area contributed by atoms with Gasteiger partial charge in [0.15, 0.2) is 0 Å². The van der Waals surface area contributed by atoms with Crippen LogP contribution in [0.1, 0.15) is 42.5 Å². The van der Waals surface area contributed by atoms with E-state index in [0.29, 0.717) is 5.56 Å². The van der Waals surface area contributed by atoms with Gasteiger partial charge in [0.05, 0.1) is 22.6 Å². The van der Waals surface area contributed by atoms with Gasteiger partial charge in [-0.25, -0.2) is 4.98 Å². The van der Waals surface area contributed by atoms with Crippen molar-refractivity contribution in [2.24, 2.45) is 5.92 Å². The maximum Gasteiger partial charge on any atom is 0.253 e. The zero-order chi connectivity index (χ0) is 16.2. The lowest BCUT2D eigenvalue weighted by atomic mass is 9.98. The van der Waals surface area contributed by atoms with E-state index < -0.39 is 0 Å². The Bertz CT molecular complexity index is 764. The second kappa shape index (κ2) is 6.60. The maximum absolute atomic E-state index is 12.5. The number of imidazole rings is 1. The number of nitrogens with one attached hydrogen (secondary N) is 2. The Morgan fingerprint density at radius 3 is 2.78 bits per heavy atom. The predicted molar refractivity (Wildman–Crippen MR) is 90.0 cm³/mol. The summed E-state index contributed by atoms with van der Waals surface area (Å²) in [6.07, 6.45) is 4.17. The number of fused-ring (bicyclic) bond motifs is 1. The summed E-state index contributed by atoms with van der Waals surface area (Å²) in [6.45, 7) is 4.22. The average Bonchev–Trinajstić information content (AvgIpc) is 3.03. The molecule has 5 heteroatoms. The maximum atomic E-state index is 12.5. The highest BCUT2D eigenvalue weighted by Gasteiger charge is 2.24. The molecule has 0 saturated carbocycles. The van der Waals surface area contributed by atoms with E-state index in [1.165, 1.54) is 0 Å². The van der Waals surface area contributed by atoms with Gasteiger partial charge < -0.3 is 10.3 Å². The summed E-state index contributed by atoms with van der Waals surface area (Å²) in [7, 11) is 0. The van der Waals surface area contributed by atoms with Gasteiger partial charge in [-0.05, 0) is 30.2 Å². The SMILES string of the molecule is CC[C@H](C)[C@H](NC(=O)c1cccnc1)c1nc2ccccc2[nH]1. The van der Waals surface area contributed by atoms with E-state index >= 15 is 0 Å². The highest BCUT2D eigenvalue weighted by Crippen LogP contribution is 2.25. The largest absolute Gasteiger partial charge is 0.342 e. The normalized spacial score (nSPS) is 13.7.